The molecule has 6 nitrogen and oxygen atoms in total. The molecular formula is C13H13ClN6. The lowest BCUT2D eigenvalue weighted by molar-refractivity contribution is 0.341. The van der Waals surface area contributed by atoms with Crippen molar-refractivity contribution in [2.24, 2.45) is 5.92 Å². The molecule has 0 aliphatic carbocycles. The summed E-state index contributed by atoms with van der Waals surface area (Å²) in [4.78, 5) is 6.74. The van der Waals surface area contributed by atoms with E-state index in [1.165, 1.54) is 0 Å². The number of hydrogen-bond acceptors (Lipinski definition) is 4. The van der Waals surface area contributed by atoms with Crippen LogP contribution in [-0.2, 0) is 6.54 Å². The van der Waals surface area contributed by atoms with Crippen molar-refractivity contribution in [1.29, 1.82) is 0 Å². The van der Waals surface area contributed by atoms with E-state index in [0.717, 1.165) is 31.0 Å². The monoisotopic (exact) mass is 288 g/mol. The Balaban J connectivity index is 1.47. The zero-order valence-corrected chi connectivity index (χ0v) is 11.5. The summed E-state index contributed by atoms with van der Waals surface area (Å²) in [5, 5.41) is 9.13. The largest absolute Gasteiger partial charge is 0.354 e. The molecule has 3 aromatic rings. The summed E-state index contributed by atoms with van der Waals surface area (Å²) >= 11 is 5.87. The van der Waals surface area contributed by atoms with Crippen LogP contribution in [0.5, 0.6) is 0 Å². The van der Waals surface area contributed by atoms with Gasteiger partial charge in [-0.3, -0.25) is 4.68 Å². The molecule has 0 radical (unpaired) electrons. The first kappa shape index (κ1) is 11.7. The Labute approximate surface area is 120 Å². The molecule has 1 aliphatic heterocycles. The summed E-state index contributed by atoms with van der Waals surface area (Å²) in [7, 11) is 0. The van der Waals surface area contributed by atoms with Crippen molar-refractivity contribution >= 4 is 22.9 Å². The van der Waals surface area contributed by atoms with E-state index >= 15 is 0 Å². The van der Waals surface area contributed by atoms with Gasteiger partial charge in [0.25, 0.3) is 0 Å². The van der Waals surface area contributed by atoms with E-state index in [1.54, 1.807) is 18.6 Å². The number of aromatic nitrogens is 5. The number of fused-ring (bicyclic) bond motifs is 1. The Bertz CT molecular complexity index is 742. The number of halogens is 1. The van der Waals surface area contributed by atoms with Gasteiger partial charge in [-0.1, -0.05) is 11.6 Å². The fraction of sp³-hybridized carbons (Fsp3) is 0.308. The summed E-state index contributed by atoms with van der Waals surface area (Å²) in [6, 6.07) is 1.99. The van der Waals surface area contributed by atoms with Crippen LogP contribution in [0.15, 0.2) is 37.1 Å². The smallest absolute Gasteiger partial charge is 0.154 e. The van der Waals surface area contributed by atoms with Crippen molar-refractivity contribution in [3.05, 3.63) is 42.1 Å². The number of hydrogen-bond donors (Lipinski definition) is 0. The lowest BCUT2D eigenvalue weighted by Crippen LogP contribution is -2.49. The molecule has 1 aliphatic rings. The van der Waals surface area contributed by atoms with Gasteiger partial charge in [-0.05, 0) is 6.07 Å². The minimum Gasteiger partial charge on any atom is -0.354 e. The van der Waals surface area contributed by atoms with Crippen LogP contribution in [0.1, 0.15) is 0 Å². The van der Waals surface area contributed by atoms with Gasteiger partial charge in [0.1, 0.15) is 5.52 Å². The highest BCUT2D eigenvalue weighted by molar-refractivity contribution is 6.30. The first-order chi connectivity index (χ1) is 9.79. The van der Waals surface area contributed by atoms with Crippen LogP contribution >= 0.6 is 11.6 Å². The van der Waals surface area contributed by atoms with Crippen molar-refractivity contribution in [3.8, 4) is 0 Å². The van der Waals surface area contributed by atoms with Crippen LogP contribution in [-0.4, -0.2) is 37.5 Å². The molecule has 0 aromatic carbocycles. The van der Waals surface area contributed by atoms with E-state index in [2.05, 4.69) is 20.1 Å². The highest BCUT2D eigenvalue weighted by atomic mass is 35.5. The Hall–Kier alpha value is -2.08. The van der Waals surface area contributed by atoms with Crippen molar-refractivity contribution < 1.29 is 0 Å². The summed E-state index contributed by atoms with van der Waals surface area (Å²) < 4.78 is 3.75. The molecule has 0 N–H and O–H groups in total. The molecule has 7 heteroatoms. The molecule has 0 bridgehead atoms. The van der Waals surface area contributed by atoms with Crippen molar-refractivity contribution in [2.45, 2.75) is 6.54 Å². The Morgan fingerprint density at radius 2 is 2.15 bits per heavy atom. The summed E-state index contributed by atoms with van der Waals surface area (Å²) in [5.41, 5.74) is 1.05. The molecule has 0 amide bonds. The second-order valence-electron chi connectivity index (χ2n) is 5.06. The van der Waals surface area contributed by atoms with Crippen LogP contribution in [0, 0.1) is 5.92 Å². The first-order valence-electron chi connectivity index (χ1n) is 6.51. The Morgan fingerprint density at radius 1 is 1.25 bits per heavy atom. The van der Waals surface area contributed by atoms with Gasteiger partial charge in [0.15, 0.2) is 5.82 Å². The number of rotatable bonds is 3. The molecule has 3 aromatic heterocycles. The summed E-state index contributed by atoms with van der Waals surface area (Å²) in [6.07, 6.45) is 8.98. The molecule has 0 spiro atoms. The highest BCUT2D eigenvalue weighted by Gasteiger charge is 2.29. The molecule has 1 fully saturated rings. The van der Waals surface area contributed by atoms with Gasteiger partial charge < -0.3 is 4.90 Å². The molecule has 20 heavy (non-hydrogen) atoms. The molecule has 4 rings (SSSR count). The fourth-order valence-corrected chi connectivity index (χ4v) is 2.80. The van der Waals surface area contributed by atoms with E-state index in [4.69, 9.17) is 11.6 Å². The quantitative estimate of drug-likeness (QED) is 0.736. The van der Waals surface area contributed by atoms with Crippen LogP contribution in [0.2, 0.25) is 5.02 Å². The minimum absolute atomic E-state index is 0.580. The second-order valence-corrected chi connectivity index (χ2v) is 5.50. The third-order valence-corrected chi connectivity index (χ3v) is 3.80. The predicted octanol–water partition coefficient (Wildman–Crippen LogP) is 1.72. The SMILES string of the molecule is Clc1cnn(CC2CN(c3nccn4nccc34)C2)c1. The zero-order chi connectivity index (χ0) is 13.5. The van der Waals surface area contributed by atoms with Crippen molar-refractivity contribution in [3.63, 3.8) is 0 Å². The standard InChI is InChI=1S/C13H13ClN6/c14-11-5-17-19(9-11)8-10-6-18(7-10)13-12-1-2-16-20(12)4-3-15-13/h1-5,9-10H,6-8H2. The van der Waals surface area contributed by atoms with Crippen LogP contribution in [0.4, 0.5) is 5.82 Å². The van der Waals surface area contributed by atoms with Gasteiger partial charge >= 0.3 is 0 Å². The van der Waals surface area contributed by atoms with Crippen LogP contribution in [0.25, 0.3) is 5.52 Å². The molecular weight excluding hydrogens is 276 g/mol. The number of nitrogens with zero attached hydrogens (tertiary/aromatic N) is 6. The third-order valence-electron chi connectivity index (χ3n) is 3.61. The average Bonchev–Trinajstić information content (AvgIpc) is 3.01. The van der Waals surface area contributed by atoms with Gasteiger partial charge in [0, 0.05) is 44.1 Å². The maximum atomic E-state index is 5.87. The molecule has 0 saturated carbocycles. The average molecular weight is 289 g/mol. The van der Waals surface area contributed by atoms with E-state index in [-0.39, 0.29) is 0 Å². The Morgan fingerprint density at radius 3 is 2.95 bits per heavy atom. The lowest BCUT2D eigenvalue weighted by atomic mass is 10.0. The van der Waals surface area contributed by atoms with E-state index < -0.39 is 0 Å². The second kappa shape index (κ2) is 4.49. The van der Waals surface area contributed by atoms with Crippen molar-refractivity contribution in [2.75, 3.05) is 18.0 Å². The maximum Gasteiger partial charge on any atom is 0.154 e. The highest BCUT2D eigenvalue weighted by Crippen LogP contribution is 2.27. The molecule has 0 atom stereocenters. The van der Waals surface area contributed by atoms with Gasteiger partial charge in [-0.2, -0.15) is 10.2 Å². The maximum absolute atomic E-state index is 5.87. The van der Waals surface area contributed by atoms with Gasteiger partial charge in [0.2, 0.25) is 0 Å². The van der Waals surface area contributed by atoms with Gasteiger partial charge in [0.05, 0.1) is 17.4 Å². The lowest BCUT2D eigenvalue weighted by Gasteiger charge is -2.40. The topological polar surface area (TPSA) is 51.2 Å². The number of anilines is 1. The zero-order valence-electron chi connectivity index (χ0n) is 10.7. The van der Waals surface area contributed by atoms with E-state index in [9.17, 15) is 0 Å². The third kappa shape index (κ3) is 1.92. The minimum atomic E-state index is 0.580. The van der Waals surface area contributed by atoms with E-state index in [1.807, 2.05) is 27.7 Å². The molecule has 102 valence electrons. The summed E-state index contributed by atoms with van der Waals surface area (Å²) in [5.74, 6) is 1.58. The normalized spacial score (nSPS) is 15.8. The molecule has 4 heterocycles. The van der Waals surface area contributed by atoms with E-state index in [0.29, 0.717) is 10.9 Å². The fourth-order valence-electron chi connectivity index (χ4n) is 2.65. The Kier molecular flexibility index (Phi) is 2.63. The van der Waals surface area contributed by atoms with Gasteiger partial charge in [-0.15, -0.1) is 0 Å². The van der Waals surface area contributed by atoms with Gasteiger partial charge in [-0.25, -0.2) is 9.50 Å². The molecule has 0 unspecified atom stereocenters. The van der Waals surface area contributed by atoms with Crippen LogP contribution in [0.3, 0.4) is 0 Å². The predicted molar refractivity (Wildman–Crippen MR) is 75.9 cm³/mol. The van der Waals surface area contributed by atoms with Crippen LogP contribution < -0.4 is 4.90 Å². The first-order valence-corrected chi connectivity index (χ1v) is 6.88. The molecule has 1 saturated heterocycles. The summed E-state index contributed by atoms with van der Waals surface area (Å²) in [6.45, 7) is 2.86. The van der Waals surface area contributed by atoms with Crippen molar-refractivity contribution in [1.82, 2.24) is 24.4 Å².